The maximum atomic E-state index is 4.29. The van der Waals surface area contributed by atoms with Crippen molar-refractivity contribution in [2.45, 2.75) is 19.8 Å². The topological polar surface area (TPSA) is 32.3 Å². The van der Waals surface area contributed by atoms with Crippen LogP contribution in [0.2, 0.25) is 0 Å². The van der Waals surface area contributed by atoms with Crippen molar-refractivity contribution >= 4 is 5.82 Å². The fourth-order valence-electron chi connectivity index (χ4n) is 2.05. The minimum absolute atomic E-state index is 1.06. The van der Waals surface area contributed by atoms with Crippen LogP contribution in [-0.2, 0) is 0 Å². The lowest BCUT2D eigenvalue weighted by molar-refractivity contribution is 0.253. The first-order chi connectivity index (χ1) is 7.90. The number of anilines is 1. The molecule has 0 N–H and O–H groups in total. The molecular formula is C12H20N4. The number of aromatic nitrogens is 2. The first-order valence-corrected chi connectivity index (χ1v) is 6.13. The average Bonchev–Trinajstić information content (AvgIpc) is 2.38. The molecule has 4 nitrogen and oxygen atoms in total. The summed E-state index contributed by atoms with van der Waals surface area (Å²) in [6.45, 7) is 7.97. The number of nitrogens with zero attached hydrogens (tertiary/aromatic N) is 4. The zero-order valence-electron chi connectivity index (χ0n) is 9.97. The van der Waals surface area contributed by atoms with Gasteiger partial charge < -0.3 is 4.90 Å². The molecule has 0 bridgehead atoms. The van der Waals surface area contributed by atoms with Crippen LogP contribution in [0.25, 0.3) is 0 Å². The lowest BCUT2D eigenvalue weighted by Gasteiger charge is -2.35. The minimum atomic E-state index is 1.06. The van der Waals surface area contributed by atoms with Crippen LogP contribution in [-0.4, -0.2) is 47.6 Å². The van der Waals surface area contributed by atoms with Crippen molar-refractivity contribution in [1.82, 2.24) is 14.9 Å². The molecule has 1 aliphatic heterocycles. The standard InChI is InChI=1S/C12H20N4/c1-2-3-6-15-7-9-16(10-8-15)12-4-5-13-11-14-12/h4-5,11H,2-3,6-10H2,1H3. The summed E-state index contributed by atoms with van der Waals surface area (Å²) >= 11 is 0. The van der Waals surface area contributed by atoms with E-state index in [0.717, 1.165) is 32.0 Å². The van der Waals surface area contributed by atoms with Crippen LogP contribution in [0.3, 0.4) is 0 Å². The molecule has 4 heteroatoms. The van der Waals surface area contributed by atoms with Crippen molar-refractivity contribution in [2.24, 2.45) is 0 Å². The number of hydrogen-bond donors (Lipinski definition) is 0. The number of piperazine rings is 1. The highest BCUT2D eigenvalue weighted by molar-refractivity contribution is 5.36. The third-order valence-corrected chi connectivity index (χ3v) is 3.09. The number of hydrogen-bond acceptors (Lipinski definition) is 4. The molecule has 0 saturated carbocycles. The zero-order valence-corrected chi connectivity index (χ0v) is 9.97. The van der Waals surface area contributed by atoms with Crippen molar-refractivity contribution in [3.05, 3.63) is 18.6 Å². The summed E-state index contributed by atoms with van der Waals surface area (Å²) in [4.78, 5) is 13.1. The molecule has 0 aromatic carbocycles. The Labute approximate surface area is 97.3 Å². The molecule has 0 radical (unpaired) electrons. The van der Waals surface area contributed by atoms with E-state index in [1.165, 1.54) is 19.4 Å². The summed E-state index contributed by atoms with van der Waals surface area (Å²) in [5.74, 6) is 1.06. The minimum Gasteiger partial charge on any atom is -0.354 e. The molecule has 1 aromatic rings. The van der Waals surface area contributed by atoms with Gasteiger partial charge in [-0.15, -0.1) is 0 Å². The molecule has 0 unspecified atom stereocenters. The highest BCUT2D eigenvalue weighted by Crippen LogP contribution is 2.11. The Hall–Kier alpha value is -1.16. The molecule has 1 fully saturated rings. The monoisotopic (exact) mass is 220 g/mol. The molecule has 1 aliphatic rings. The van der Waals surface area contributed by atoms with E-state index in [0.29, 0.717) is 0 Å². The average molecular weight is 220 g/mol. The van der Waals surface area contributed by atoms with E-state index in [-0.39, 0.29) is 0 Å². The smallest absolute Gasteiger partial charge is 0.131 e. The third kappa shape index (κ3) is 2.92. The maximum Gasteiger partial charge on any atom is 0.131 e. The van der Waals surface area contributed by atoms with E-state index in [1.54, 1.807) is 6.33 Å². The van der Waals surface area contributed by atoms with Crippen LogP contribution in [0.5, 0.6) is 0 Å². The second-order valence-corrected chi connectivity index (χ2v) is 4.25. The molecule has 1 saturated heterocycles. The fraction of sp³-hybridized carbons (Fsp3) is 0.667. The van der Waals surface area contributed by atoms with Crippen LogP contribution in [0.1, 0.15) is 19.8 Å². The predicted molar refractivity (Wildman–Crippen MR) is 65.6 cm³/mol. The Kier molecular flexibility index (Phi) is 4.10. The SMILES string of the molecule is CCCCN1CCN(c2ccncn2)CC1. The quantitative estimate of drug-likeness (QED) is 0.767. The second kappa shape index (κ2) is 5.80. The van der Waals surface area contributed by atoms with Gasteiger partial charge >= 0.3 is 0 Å². The summed E-state index contributed by atoms with van der Waals surface area (Å²) in [5, 5.41) is 0. The van der Waals surface area contributed by atoms with Crippen molar-refractivity contribution in [3.8, 4) is 0 Å². The van der Waals surface area contributed by atoms with Gasteiger partial charge in [0.1, 0.15) is 12.1 Å². The fourth-order valence-corrected chi connectivity index (χ4v) is 2.05. The van der Waals surface area contributed by atoms with Gasteiger partial charge in [0, 0.05) is 32.4 Å². The Balaban J connectivity index is 1.81. The zero-order chi connectivity index (χ0) is 11.2. The predicted octanol–water partition coefficient (Wildman–Crippen LogP) is 1.40. The van der Waals surface area contributed by atoms with Crippen molar-refractivity contribution < 1.29 is 0 Å². The largest absolute Gasteiger partial charge is 0.354 e. The molecule has 0 atom stereocenters. The summed E-state index contributed by atoms with van der Waals surface area (Å²) < 4.78 is 0. The molecule has 1 aromatic heterocycles. The van der Waals surface area contributed by atoms with Crippen molar-refractivity contribution in [3.63, 3.8) is 0 Å². The van der Waals surface area contributed by atoms with Gasteiger partial charge in [-0.05, 0) is 19.0 Å². The summed E-state index contributed by atoms with van der Waals surface area (Å²) in [5.41, 5.74) is 0. The van der Waals surface area contributed by atoms with Gasteiger partial charge in [0.25, 0.3) is 0 Å². The summed E-state index contributed by atoms with van der Waals surface area (Å²) in [7, 11) is 0. The van der Waals surface area contributed by atoms with E-state index in [1.807, 2.05) is 12.3 Å². The van der Waals surface area contributed by atoms with Gasteiger partial charge in [0.2, 0.25) is 0 Å². The first kappa shape index (κ1) is 11.3. The molecule has 2 heterocycles. The van der Waals surface area contributed by atoms with Gasteiger partial charge in [-0.2, -0.15) is 0 Å². The second-order valence-electron chi connectivity index (χ2n) is 4.25. The van der Waals surface area contributed by atoms with E-state index >= 15 is 0 Å². The first-order valence-electron chi connectivity index (χ1n) is 6.13. The number of unbranched alkanes of at least 4 members (excludes halogenated alkanes) is 1. The van der Waals surface area contributed by atoms with Gasteiger partial charge in [0.15, 0.2) is 0 Å². The van der Waals surface area contributed by atoms with E-state index < -0.39 is 0 Å². The Morgan fingerprint density at radius 2 is 2.06 bits per heavy atom. The summed E-state index contributed by atoms with van der Waals surface area (Å²) in [6.07, 6.45) is 6.03. The highest BCUT2D eigenvalue weighted by Gasteiger charge is 2.16. The highest BCUT2D eigenvalue weighted by atomic mass is 15.3. The van der Waals surface area contributed by atoms with Crippen LogP contribution in [0.15, 0.2) is 18.6 Å². The van der Waals surface area contributed by atoms with Gasteiger partial charge in [-0.1, -0.05) is 13.3 Å². The van der Waals surface area contributed by atoms with E-state index in [4.69, 9.17) is 0 Å². The Bertz CT molecular complexity index is 293. The van der Waals surface area contributed by atoms with E-state index in [9.17, 15) is 0 Å². The molecule has 2 rings (SSSR count). The molecular weight excluding hydrogens is 200 g/mol. The number of rotatable bonds is 4. The molecule has 88 valence electrons. The van der Waals surface area contributed by atoms with Crippen molar-refractivity contribution in [1.29, 1.82) is 0 Å². The van der Waals surface area contributed by atoms with Gasteiger partial charge in [-0.3, -0.25) is 4.90 Å². The summed E-state index contributed by atoms with van der Waals surface area (Å²) in [6, 6.07) is 1.99. The maximum absolute atomic E-state index is 4.29. The Morgan fingerprint density at radius 3 is 2.69 bits per heavy atom. The van der Waals surface area contributed by atoms with Crippen LogP contribution >= 0.6 is 0 Å². The van der Waals surface area contributed by atoms with Crippen LogP contribution in [0.4, 0.5) is 5.82 Å². The Morgan fingerprint density at radius 1 is 1.25 bits per heavy atom. The normalized spacial score (nSPS) is 17.7. The van der Waals surface area contributed by atoms with Crippen molar-refractivity contribution in [2.75, 3.05) is 37.6 Å². The molecule has 16 heavy (non-hydrogen) atoms. The van der Waals surface area contributed by atoms with Gasteiger partial charge in [0.05, 0.1) is 0 Å². The lowest BCUT2D eigenvalue weighted by atomic mass is 10.2. The van der Waals surface area contributed by atoms with E-state index in [2.05, 4.69) is 26.7 Å². The molecule has 0 amide bonds. The lowest BCUT2D eigenvalue weighted by Crippen LogP contribution is -2.46. The molecule has 0 aliphatic carbocycles. The van der Waals surface area contributed by atoms with Gasteiger partial charge in [-0.25, -0.2) is 9.97 Å². The third-order valence-electron chi connectivity index (χ3n) is 3.09. The van der Waals surface area contributed by atoms with Crippen LogP contribution in [0, 0.1) is 0 Å². The van der Waals surface area contributed by atoms with Crippen LogP contribution < -0.4 is 4.90 Å². The molecule has 0 spiro atoms.